The molecule has 1 aliphatic carbocycles. The molecule has 2 aliphatic rings. The summed E-state index contributed by atoms with van der Waals surface area (Å²) in [6, 6.07) is 0.177. The number of amides is 1. The third-order valence-electron chi connectivity index (χ3n) is 4.13. The van der Waals surface area contributed by atoms with E-state index in [4.69, 9.17) is 10.5 Å². The molecule has 0 aromatic heterocycles. The fourth-order valence-corrected chi connectivity index (χ4v) is 2.82. The number of hydrogen-bond acceptors (Lipinski definition) is 3. The summed E-state index contributed by atoms with van der Waals surface area (Å²) in [5.41, 5.74) is 5.50. The third-order valence-corrected chi connectivity index (χ3v) is 4.13. The van der Waals surface area contributed by atoms with Gasteiger partial charge in [-0.3, -0.25) is 4.79 Å². The molecule has 1 saturated heterocycles. The summed E-state index contributed by atoms with van der Waals surface area (Å²) < 4.78 is 5.45. The molecule has 0 aromatic rings. The Labute approximate surface area is 96.9 Å². The Kier molecular flexibility index (Phi) is 3.50. The van der Waals surface area contributed by atoms with Crippen LogP contribution in [0.1, 0.15) is 39.0 Å². The van der Waals surface area contributed by atoms with Crippen molar-refractivity contribution in [3.8, 4) is 0 Å². The molecular formula is C12H22N2O2. The average Bonchev–Trinajstić information content (AvgIpc) is 2.89. The number of hydrogen-bond donors (Lipinski definition) is 2. The molecule has 0 aromatic carbocycles. The maximum absolute atomic E-state index is 12.3. The molecule has 0 spiro atoms. The first-order chi connectivity index (χ1) is 7.68. The van der Waals surface area contributed by atoms with Gasteiger partial charge in [-0.2, -0.15) is 0 Å². The molecule has 92 valence electrons. The molecule has 1 amide bonds. The second kappa shape index (κ2) is 4.72. The van der Waals surface area contributed by atoms with Gasteiger partial charge in [-0.1, -0.05) is 12.8 Å². The van der Waals surface area contributed by atoms with Crippen molar-refractivity contribution in [1.82, 2.24) is 5.32 Å². The lowest BCUT2D eigenvalue weighted by atomic mass is 9.85. The SMILES string of the molecule is CC1OCCC1NC(=O)C1(CN)CCCC1. The molecule has 4 heteroatoms. The predicted octanol–water partition coefficient (Wildman–Crippen LogP) is 0.799. The Morgan fingerprint density at radius 1 is 1.50 bits per heavy atom. The van der Waals surface area contributed by atoms with Crippen LogP contribution in [0, 0.1) is 5.41 Å². The topological polar surface area (TPSA) is 64.3 Å². The minimum Gasteiger partial charge on any atom is -0.376 e. The quantitative estimate of drug-likeness (QED) is 0.748. The third kappa shape index (κ3) is 2.09. The van der Waals surface area contributed by atoms with E-state index in [-0.39, 0.29) is 23.5 Å². The Hall–Kier alpha value is -0.610. The Bertz CT molecular complexity index is 262. The first kappa shape index (κ1) is 11.9. The van der Waals surface area contributed by atoms with Crippen molar-refractivity contribution in [1.29, 1.82) is 0 Å². The molecule has 1 aliphatic heterocycles. The van der Waals surface area contributed by atoms with E-state index in [1.165, 1.54) is 0 Å². The lowest BCUT2D eigenvalue weighted by Gasteiger charge is -2.28. The Morgan fingerprint density at radius 2 is 2.19 bits per heavy atom. The molecule has 1 saturated carbocycles. The van der Waals surface area contributed by atoms with Crippen molar-refractivity contribution < 1.29 is 9.53 Å². The number of rotatable bonds is 3. The lowest BCUT2D eigenvalue weighted by Crippen LogP contribution is -2.49. The largest absolute Gasteiger partial charge is 0.376 e. The van der Waals surface area contributed by atoms with Crippen LogP contribution < -0.4 is 11.1 Å². The maximum Gasteiger partial charge on any atom is 0.227 e. The monoisotopic (exact) mass is 226 g/mol. The van der Waals surface area contributed by atoms with Crippen LogP contribution in [0.25, 0.3) is 0 Å². The highest BCUT2D eigenvalue weighted by atomic mass is 16.5. The molecule has 2 unspecified atom stereocenters. The van der Waals surface area contributed by atoms with Crippen LogP contribution in [0.5, 0.6) is 0 Å². The predicted molar refractivity (Wildman–Crippen MR) is 61.9 cm³/mol. The van der Waals surface area contributed by atoms with Crippen LogP contribution in [0.15, 0.2) is 0 Å². The summed E-state index contributed by atoms with van der Waals surface area (Å²) in [4.78, 5) is 12.3. The van der Waals surface area contributed by atoms with E-state index >= 15 is 0 Å². The first-order valence-corrected chi connectivity index (χ1v) is 6.31. The molecule has 4 nitrogen and oxygen atoms in total. The summed E-state index contributed by atoms with van der Waals surface area (Å²) in [6.07, 6.45) is 5.20. The van der Waals surface area contributed by atoms with Gasteiger partial charge in [0.15, 0.2) is 0 Å². The van der Waals surface area contributed by atoms with E-state index in [9.17, 15) is 4.79 Å². The van der Waals surface area contributed by atoms with Crippen molar-refractivity contribution in [3.05, 3.63) is 0 Å². The summed E-state index contributed by atoms with van der Waals surface area (Å²) in [6.45, 7) is 3.24. The zero-order chi connectivity index (χ0) is 11.6. The molecule has 0 radical (unpaired) electrons. The highest BCUT2D eigenvalue weighted by Gasteiger charge is 2.41. The molecular weight excluding hydrogens is 204 g/mol. The van der Waals surface area contributed by atoms with Gasteiger partial charge in [0, 0.05) is 13.2 Å². The van der Waals surface area contributed by atoms with Crippen LogP contribution in [0.3, 0.4) is 0 Å². The van der Waals surface area contributed by atoms with Crippen LogP contribution in [-0.2, 0) is 9.53 Å². The van der Waals surface area contributed by atoms with Gasteiger partial charge in [0.1, 0.15) is 0 Å². The van der Waals surface area contributed by atoms with Crippen molar-refractivity contribution >= 4 is 5.91 Å². The van der Waals surface area contributed by atoms with Crippen LogP contribution >= 0.6 is 0 Å². The second-order valence-electron chi connectivity index (χ2n) is 5.14. The van der Waals surface area contributed by atoms with Crippen molar-refractivity contribution in [3.63, 3.8) is 0 Å². The van der Waals surface area contributed by atoms with Gasteiger partial charge < -0.3 is 15.8 Å². The number of nitrogens with two attached hydrogens (primary N) is 1. The summed E-state index contributed by atoms with van der Waals surface area (Å²) in [7, 11) is 0. The highest BCUT2D eigenvalue weighted by Crippen LogP contribution is 2.37. The van der Waals surface area contributed by atoms with E-state index in [0.29, 0.717) is 6.54 Å². The molecule has 0 bridgehead atoms. The second-order valence-corrected chi connectivity index (χ2v) is 5.14. The van der Waals surface area contributed by atoms with Crippen molar-refractivity contribution in [2.24, 2.45) is 11.1 Å². The fraction of sp³-hybridized carbons (Fsp3) is 0.917. The maximum atomic E-state index is 12.3. The van der Waals surface area contributed by atoms with Gasteiger partial charge in [-0.05, 0) is 26.2 Å². The summed E-state index contributed by atoms with van der Waals surface area (Å²) in [5, 5.41) is 3.12. The van der Waals surface area contributed by atoms with Crippen LogP contribution in [-0.4, -0.2) is 31.2 Å². The van der Waals surface area contributed by atoms with Crippen molar-refractivity contribution in [2.45, 2.75) is 51.2 Å². The van der Waals surface area contributed by atoms with Gasteiger partial charge >= 0.3 is 0 Å². The summed E-state index contributed by atoms with van der Waals surface area (Å²) >= 11 is 0. The van der Waals surface area contributed by atoms with E-state index in [0.717, 1.165) is 38.7 Å². The zero-order valence-corrected chi connectivity index (χ0v) is 10.00. The lowest BCUT2D eigenvalue weighted by molar-refractivity contribution is -0.131. The zero-order valence-electron chi connectivity index (χ0n) is 10.00. The molecule has 16 heavy (non-hydrogen) atoms. The fourth-order valence-electron chi connectivity index (χ4n) is 2.82. The van der Waals surface area contributed by atoms with Gasteiger partial charge in [0.2, 0.25) is 5.91 Å². The standard InChI is InChI=1S/C12H22N2O2/c1-9-10(4-7-16-9)14-11(15)12(8-13)5-2-3-6-12/h9-10H,2-8,13H2,1H3,(H,14,15). The molecule has 2 rings (SSSR count). The van der Waals surface area contributed by atoms with E-state index in [1.807, 2.05) is 6.92 Å². The van der Waals surface area contributed by atoms with Gasteiger partial charge in [-0.25, -0.2) is 0 Å². The van der Waals surface area contributed by atoms with Crippen molar-refractivity contribution in [2.75, 3.05) is 13.2 Å². The van der Waals surface area contributed by atoms with Gasteiger partial charge in [0.25, 0.3) is 0 Å². The minimum absolute atomic E-state index is 0.139. The van der Waals surface area contributed by atoms with Gasteiger partial charge in [-0.15, -0.1) is 0 Å². The van der Waals surface area contributed by atoms with Gasteiger partial charge in [0.05, 0.1) is 17.6 Å². The van der Waals surface area contributed by atoms with Crippen LogP contribution in [0.4, 0.5) is 0 Å². The number of nitrogens with one attached hydrogen (secondary N) is 1. The smallest absolute Gasteiger partial charge is 0.227 e. The molecule has 2 atom stereocenters. The first-order valence-electron chi connectivity index (χ1n) is 6.31. The number of carbonyl (C=O) groups is 1. The van der Waals surface area contributed by atoms with E-state index in [2.05, 4.69) is 5.32 Å². The molecule has 1 heterocycles. The molecule has 2 fully saturated rings. The minimum atomic E-state index is -0.289. The van der Waals surface area contributed by atoms with E-state index < -0.39 is 0 Å². The Morgan fingerprint density at radius 3 is 2.69 bits per heavy atom. The number of ether oxygens (including phenoxy) is 1. The van der Waals surface area contributed by atoms with E-state index in [1.54, 1.807) is 0 Å². The molecule has 3 N–H and O–H groups in total. The summed E-state index contributed by atoms with van der Waals surface area (Å²) in [5.74, 6) is 0.148. The average molecular weight is 226 g/mol. The van der Waals surface area contributed by atoms with Crippen LogP contribution in [0.2, 0.25) is 0 Å². The number of carbonyl (C=O) groups excluding carboxylic acids is 1. The normalized spacial score (nSPS) is 32.9. The highest BCUT2D eigenvalue weighted by molar-refractivity contribution is 5.83. The Balaban J connectivity index is 1.96.